The third-order valence-electron chi connectivity index (χ3n) is 6.58. The van der Waals surface area contributed by atoms with Gasteiger partial charge >= 0.3 is 0 Å². The SMILES string of the molecule is C=CCC(O)/C=C/C[C@@H](C[C@H](CCc1ccccc1)OCc1ccc(OC)cc1)OCc1ccc(OC)cc1. The van der Waals surface area contributed by atoms with Crippen LogP contribution in [0.3, 0.4) is 0 Å². The molecule has 0 fully saturated rings. The maximum atomic E-state index is 10.1. The molecule has 0 amide bonds. The largest absolute Gasteiger partial charge is 0.497 e. The van der Waals surface area contributed by atoms with E-state index in [1.807, 2.05) is 66.7 Å². The van der Waals surface area contributed by atoms with Gasteiger partial charge in [0.1, 0.15) is 11.5 Å². The highest BCUT2D eigenvalue weighted by Gasteiger charge is 2.18. The molecule has 0 aromatic heterocycles. The fourth-order valence-corrected chi connectivity index (χ4v) is 4.28. The topological polar surface area (TPSA) is 57.2 Å². The summed E-state index contributed by atoms with van der Waals surface area (Å²) in [5.41, 5.74) is 3.47. The third kappa shape index (κ3) is 11.5. The van der Waals surface area contributed by atoms with Gasteiger partial charge in [-0.25, -0.2) is 0 Å². The average molecular weight is 531 g/mol. The Morgan fingerprint density at radius 1 is 0.718 bits per heavy atom. The monoisotopic (exact) mass is 530 g/mol. The molecule has 3 atom stereocenters. The number of benzene rings is 3. The van der Waals surface area contributed by atoms with E-state index < -0.39 is 6.10 Å². The number of aliphatic hydroxyl groups excluding tert-OH is 1. The van der Waals surface area contributed by atoms with Crippen LogP contribution in [0, 0.1) is 0 Å². The van der Waals surface area contributed by atoms with Crippen LogP contribution < -0.4 is 9.47 Å². The molecule has 0 saturated carbocycles. The van der Waals surface area contributed by atoms with Crippen LogP contribution in [-0.4, -0.2) is 37.6 Å². The molecule has 1 N–H and O–H groups in total. The quantitative estimate of drug-likeness (QED) is 0.178. The van der Waals surface area contributed by atoms with E-state index in [1.54, 1.807) is 20.3 Å². The zero-order valence-electron chi connectivity index (χ0n) is 23.2. The number of methoxy groups -OCH3 is 2. The normalized spacial score (nSPS) is 13.6. The van der Waals surface area contributed by atoms with Crippen LogP contribution in [0.4, 0.5) is 0 Å². The molecule has 0 spiro atoms. The molecule has 0 aliphatic heterocycles. The maximum absolute atomic E-state index is 10.1. The zero-order valence-corrected chi connectivity index (χ0v) is 23.2. The molecule has 3 aromatic rings. The number of ether oxygens (including phenoxy) is 4. The van der Waals surface area contributed by atoms with Crippen LogP contribution >= 0.6 is 0 Å². The van der Waals surface area contributed by atoms with Crippen LogP contribution in [0.1, 0.15) is 42.4 Å². The average Bonchev–Trinajstić information content (AvgIpc) is 2.98. The van der Waals surface area contributed by atoms with Gasteiger partial charge in [0.15, 0.2) is 0 Å². The summed E-state index contributed by atoms with van der Waals surface area (Å²) < 4.78 is 23.5. The lowest BCUT2D eigenvalue weighted by atomic mass is 10.0. The Morgan fingerprint density at radius 3 is 1.82 bits per heavy atom. The molecular weight excluding hydrogens is 488 g/mol. The van der Waals surface area contributed by atoms with Gasteiger partial charge in [-0.15, -0.1) is 6.58 Å². The fraction of sp³-hybridized carbons (Fsp3) is 0.353. The van der Waals surface area contributed by atoms with Gasteiger partial charge in [0.05, 0.1) is 45.7 Å². The second kappa shape index (κ2) is 17.3. The molecule has 0 aliphatic carbocycles. The summed E-state index contributed by atoms with van der Waals surface area (Å²) in [4.78, 5) is 0. The highest BCUT2D eigenvalue weighted by atomic mass is 16.5. The Hall–Kier alpha value is -3.38. The molecule has 3 aromatic carbocycles. The van der Waals surface area contributed by atoms with Crippen LogP contribution in [0.25, 0.3) is 0 Å². The first-order chi connectivity index (χ1) is 19.1. The van der Waals surface area contributed by atoms with Gasteiger partial charge in [-0.1, -0.05) is 72.8 Å². The van der Waals surface area contributed by atoms with Crippen molar-refractivity contribution in [2.75, 3.05) is 14.2 Å². The Bertz CT molecular complexity index is 1090. The van der Waals surface area contributed by atoms with Gasteiger partial charge in [0.2, 0.25) is 0 Å². The van der Waals surface area contributed by atoms with Crippen molar-refractivity contribution in [3.8, 4) is 11.5 Å². The van der Waals surface area contributed by atoms with E-state index in [4.69, 9.17) is 18.9 Å². The number of hydrogen-bond acceptors (Lipinski definition) is 5. The van der Waals surface area contributed by atoms with E-state index >= 15 is 0 Å². The molecule has 0 radical (unpaired) electrons. The zero-order chi connectivity index (χ0) is 27.7. The first-order valence-corrected chi connectivity index (χ1v) is 13.6. The second-order valence-electron chi connectivity index (χ2n) is 9.58. The van der Waals surface area contributed by atoms with E-state index in [2.05, 4.69) is 30.8 Å². The molecular formula is C34H42O5. The highest BCUT2D eigenvalue weighted by Crippen LogP contribution is 2.21. The van der Waals surface area contributed by atoms with Crippen LogP contribution in [0.15, 0.2) is 104 Å². The van der Waals surface area contributed by atoms with Gasteiger partial charge in [-0.3, -0.25) is 0 Å². The molecule has 0 heterocycles. The minimum atomic E-state index is -0.537. The van der Waals surface area contributed by atoms with Crippen molar-refractivity contribution in [3.05, 3.63) is 120 Å². The van der Waals surface area contributed by atoms with E-state index in [0.29, 0.717) is 26.1 Å². The molecule has 0 saturated heterocycles. The highest BCUT2D eigenvalue weighted by molar-refractivity contribution is 5.27. The number of aryl methyl sites for hydroxylation is 1. The minimum Gasteiger partial charge on any atom is -0.497 e. The van der Waals surface area contributed by atoms with Crippen LogP contribution in [0.2, 0.25) is 0 Å². The van der Waals surface area contributed by atoms with E-state index in [-0.39, 0.29) is 12.2 Å². The van der Waals surface area contributed by atoms with Crippen molar-refractivity contribution in [1.29, 1.82) is 0 Å². The number of aliphatic hydroxyl groups is 1. The first-order valence-electron chi connectivity index (χ1n) is 13.6. The summed E-state index contributed by atoms with van der Waals surface area (Å²) in [6.45, 7) is 4.71. The maximum Gasteiger partial charge on any atom is 0.118 e. The fourth-order valence-electron chi connectivity index (χ4n) is 4.28. The summed E-state index contributed by atoms with van der Waals surface area (Å²) in [6, 6.07) is 26.4. The predicted octanol–water partition coefficient (Wildman–Crippen LogP) is 7.08. The molecule has 208 valence electrons. The lowest BCUT2D eigenvalue weighted by molar-refractivity contribution is -0.0309. The molecule has 0 aliphatic rings. The van der Waals surface area contributed by atoms with E-state index in [1.165, 1.54) is 5.56 Å². The van der Waals surface area contributed by atoms with Gasteiger partial charge in [-0.2, -0.15) is 0 Å². The van der Waals surface area contributed by atoms with Crippen molar-refractivity contribution in [1.82, 2.24) is 0 Å². The molecule has 0 bridgehead atoms. The Kier molecular flexibility index (Phi) is 13.3. The number of rotatable bonds is 18. The smallest absolute Gasteiger partial charge is 0.118 e. The van der Waals surface area contributed by atoms with E-state index in [0.717, 1.165) is 41.9 Å². The van der Waals surface area contributed by atoms with Crippen molar-refractivity contribution < 1.29 is 24.1 Å². The lowest BCUT2D eigenvalue weighted by Crippen LogP contribution is -2.24. The molecule has 1 unspecified atom stereocenters. The predicted molar refractivity (Wildman–Crippen MR) is 157 cm³/mol. The van der Waals surface area contributed by atoms with Gasteiger partial charge in [0.25, 0.3) is 0 Å². The van der Waals surface area contributed by atoms with Crippen molar-refractivity contribution in [2.45, 2.75) is 63.6 Å². The summed E-state index contributed by atoms with van der Waals surface area (Å²) in [5.74, 6) is 1.65. The standard InChI is InChI=1S/C34H42O5/c1-4-9-30(35)12-8-13-33(38-25-28-15-19-31(36-2)20-16-28)24-34(23-14-27-10-6-5-7-11-27)39-26-29-17-21-32(37-3)22-18-29/h4-8,10-12,15-22,30,33-35H,1,9,13-14,23-26H2,2-3H3/b12-8+/t30?,33-,34-/m0/s1. The first kappa shape index (κ1) is 30.2. The Balaban J connectivity index is 1.69. The lowest BCUT2D eigenvalue weighted by Gasteiger charge is -2.24. The second-order valence-corrected chi connectivity index (χ2v) is 9.58. The van der Waals surface area contributed by atoms with Gasteiger partial charge in [-0.05, 0) is 66.6 Å². The van der Waals surface area contributed by atoms with Gasteiger partial charge < -0.3 is 24.1 Å². The summed E-state index contributed by atoms with van der Waals surface area (Å²) in [5, 5.41) is 10.1. The van der Waals surface area contributed by atoms with Crippen molar-refractivity contribution >= 4 is 0 Å². The van der Waals surface area contributed by atoms with Crippen molar-refractivity contribution in [3.63, 3.8) is 0 Å². The molecule has 3 rings (SSSR count). The van der Waals surface area contributed by atoms with E-state index in [9.17, 15) is 5.11 Å². The molecule has 39 heavy (non-hydrogen) atoms. The molecule has 5 heteroatoms. The van der Waals surface area contributed by atoms with Crippen molar-refractivity contribution in [2.24, 2.45) is 0 Å². The summed E-state index contributed by atoms with van der Waals surface area (Å²) >= 11 is 0. The van der Waals surface area contributed by atoms with Gasteiger partial charge in [0, 0.05) is 6.42 Å². The third-order valence-corrected chi connectivity index (χ3v) is 6.58. The molecule has 5 nitrogen and oxygen atoms in total. The summed E-state index contributed by atoms with van der Waals surface area (Å²) in [6.07, 6.45) is 8.68. The minimum absolute atomic E-state index is 0.000302. The number of hydrogen-bond donors (Lipinski definition) is 1. The van der Waals surface area contributed by atoms with Crippen LogP contribution in [-0.2, 0) is 29.1 Å². The summed E-state index contributed by atoms with van der Waals surface area (Å²) in [7, 11) is 3.33. The Morgan fingerprint density at radius 2 is 1.28 bits per heavy atom. The van der Waals surface area contributed by atoms with Crippen LogP contribution in [0.5, 0.6) is 11.5 Å². The Labute approximate surface area is 233 Å².